The molecule has 0 unspecified atom stereocenters. The van der Waals surface area contributed by atoms with Crippen LogP contribution in [0.2, 0.25) is 0 Å². The van der Waals surface area contributed by atoms with Crippen LogP contribution in [0.3, 0.4) is 0 Å². The van der Waals surface area contributed by atoms with E-state index < -0.39 is 0 Å². The molecule has 0 spiro atoms. The van der Waals surface area contributed by atoms with Crippen LogP contribution in [0.15, 0.2) is 72.8 Å². The summed E-state index contributed by atoms with van der Waals surface area (Å²) in [4.78, 5) is 0. The fraction of sp³-hybridized carbons (Fsp3) is 0.467. The van der Waals surface area contributed by atoms with Gasteiger partial charge in [-0.25, -0.2) is 0 Å². The van der Waals surface area contributed by atoms with Crippen LogP contribution in [0.25, 0.3) is 33.4 Å². The van der Waals surface area contributed by atoms with E-state index in [-0.39, 0.29) is 29.2 Å². The van der Waals surface area contributed by atoms with Crippen molar-refractivity contribution in [1.29, 1.82) is 0 Å². The van der Waals surface area contributed by atoms with E-state index in [0.717, 1.165) is 18.3 Å². The molecule has 1 aliphatic heterocycles. The van der Waals surface area contributed by atoms with Crippen LogP contribution in [0.1, 0.15) is 123 Å². The fourth-order valence-electron chi connectivity index (χ4n) is 8.58. The second-order valence-corrected chi connectivity index (χ2v) is 17.5. The Labute approximate surface area is 290 Å². The number of fused-ring (bicyclic) bond motifs is 6. The van der Waals surface area contributed by atoms with Gasteiger partial charge in [-0.15, -0.1) is 0 Å². The van der Waals surface area contributed by atoms with Crippen molar-refractivity contribution in [2.75, 3.05) is 0 Å². The van der Waals surface area contributed by atoms with Crippen LogP contribution < -0.4 is 5.46 Å². The molecule has 0 aromatic heterocycles. The smallest absolute Gasteiger partial charge is 0.399 e. The number of hydrogen-bond donors (Lipinski definition) is 0. The number of aryl methyl sites for hydroxylation is 1. The van der Waals surface area contributed by atoms with Crippen LogP contribution in [0, 0.1) is 18.8 Å². The van der Waals surface area contributed by atoms with Crippen molar-refractivity contribution in [3.05, 3.63) is 101 Å². The van der Waals surface area contributed by atoms with Gasteiger partial charge in [-0.2, -0.15) is 0 Å². The summed E-state index contributed by atoms with van der Waals surface area (Å²) in [6, 6.07) is 28.6. The minimum absolute atomic E-state index is 0.0259. The molecule has 0 radical (unpaired) electrons. The first-order valence-corrected chi connectivity index (χ1v) is 18.5. The maximum Gasteiger partial charge on any atom is 0.494 e. The minimum atomic E-state index is -0.370. The first-order valence-electron chi connectivity index (χ1n) is 18.5. The zero-order chi connectivity index (χ0) is 34.4. The SMILES string of the molecule is Cc1ccc2c(c1)C(C)(C)c1cc(-c3ccc4c(c3)C(CCC(C)C)(CCC(C)C)c3cc(B5OC(C)(C)C(C)(C)O5)ccc3-4)ccc1-2. The van der Waals surface area contributed by atoms with Gasteiger partial charge in [0.25, 0.3) is 0 Å². The normalized spacial score (nSPS) is 19.1. The molecule has 7 rings (SSSR count). The summed E-state index contributed by atoms with van der Waals surface area (Å²) in [6.07, 6.45) is 4.65. The third kappa shape index (κ3) is 5.23. The van der Waals surface area contributed by atoms with E-state index in [2.05, 4.69) is 149 Å². The average molecular weight is 639 g/mol. The molecule has 0 saturated carbocycles. The molecule has 4 aromatic carbocycles. The number of benzene rings is 4. The van der Waals surface area contributed by atoms with Gasteiger partial charge in [-0.1, -0.05) is 108 Å². The maximum atomic E-state index is 6.59. The van der Waals surface area contributed by atoms with Crippen molar-refractivity contribution in [1.82, 2.24) is 0 Å². The molecule has 250 valence electrons. The summed E-state index contributed by atoms with van der Waals surface area (Å²) in [5, 5.41) is 0. The van der Waals surface area contributed by atoms with E-state index in [1.807, 2.05) is 0 Å². The lowest BCUT2D eigenvalue weighted by atomic mass is 9.67. The molecule has 2 aliphatic carbocycles. The predicted octanol–water partition coefficient (Wildman–Crippen LogP) is 11.4. The van der Waals surface area contributed by atoms with E-state index >= 15 is 0 Å². The third-order valence-electron chi connectivity index (χ3n) is 12.4. The summed E-state index contributed by atoms with van der Waals surface area (Å²) in [6.45, 7) is 25.1. The van der Waals surface area contributed by atoms with Gasteiger partial charge in [0.05, 0.1) is 11.2 Å². The Morgan fingerprint density at radius 3 is 1.52 bits per heavy atom. The van der Waals surface area contributed by atoms with Gasteiger partial charge in [0.15, 0.2) is 0 Å². The lowest BCUT2D eigenvalue weighted by Crippen LogP contribution is -2.41. The highest BCUT2D eigenvalue weighted by molar-refractivity contribution is 6.62. The molecular weight excluding hydrogens is 583 g/mol. The number of rotatable bonds is 8. The van der Waals surface area contributed by atoms with Crippen LogP contribution in [-0.4, -0.2) is 18.3 Å². The quantitative estimate of drug-likeness (QED) is 0.179. The largest absolute Gasteiger partial charge is 0.494 e. The highest BCUT2D eigenvalue weighted by Gasteiger charge is 2.52. The molecule has 0 N–H and O–H groups in total. The zero-order valence-corrected chi connectivity index (χ0v) is 31.3. The molecule has 4 aromatic rings. The second kappa shape index (κ2) is 11.5. The Hall–Kier alpha value is -3.14. The lowest BCUT2D eigenvalue weighted by molar-refractivity contribution is 0.00578. The van der Waals surface area contributed by atoms with Gasteiger partial charge in [0.2, 0.25) is 0 Å². The van der Waals surface area contributed by atoms with E-state index in [4.69, 9.17) is 9.31 Å². The van der Waals surface area contributed by atoms with Crippen LogP contribution >= 0.6 is 0 Å². The van der Waals surface area contributed by atoms with E-state index in [1.54, 1.807) is 0 Å². The Morgan fingerprint density at radius 1 is 0.542 bits per heavy atom. The molecule has 1 heterocycles. The first kappa shape index (κ1) is 33.4. The van der Waals surface area contributed by atoms with Crippen LogP contribution in [-0.2, 0) is 20.1 Å². The molecule has 48 heavy (non-hydrogen) atoms. The number of hydrogen-bond acceptors (Lipinski definition) is 2. The zero-order valence-electron chi connectivity index (χ0n) is 31.3. The highest BCUT2D eigenvalue weighted by Crippen LogP contribution is 2.56. The summed E-state index contributed by atoms with van der Waals surface area (Å²) < 4.78 is 13.2. The highest BCUT2D eigenvalue weighted by atomic mass is 16.7. The lowest BCUT2D eigenvalue weighted by Gasteiger charge is -2.34. The Morgan fingerprint density at radius 2 is 0.979 bits per heavy atom. The van der Waals surface area contributed by atoms with Crippen LogP contribution in [0.4, 0.5) is 0 Å². The second-order valence-electron chi connectivity index (χ2n) is 17.5. The molecule has 3 heteroatoms. The van der Waals surface area contributed by atoms with Gasteiger partial charge in [-0.05, 0) is 145 Å². The summed E-state index contributed by atoms with van der Waals surface area (Å²) in [5.41, 5.74) is 15.6. The molecule has 0 amide bonds. The topological polar surface area (TPSA) is 18.5 Å². The van der Waals surface area contributed by atoms with Gasteiger partial charge >= 0.3 is 7.12 Å². The van der Waals surface area contributed by atoms with Crippen molar-refractivity contribution in [3.8, 4) is 33.4 Å². The summed E-state index contributed by atoms with van der Waals surface area (Å²) >= 11 is 0. The maximum absolute atomic E-state index is 6.59. The Kier molecular flexibility index (Phi) is 7.97. The van der Waals surface area contributed by atoms with Crippen molar-refractivity contribution >= 4 is 12.6 Å². The van der Waals surface area contributed by atoms with Crippen LogP contribution in [0.5, 0.6) is 0 Å². The molecule has 1 fully saturated rings. The van der Waals surface area contributed by atoms with E-state index in [0.29, 0.717) is 11.8 Å². The van der Waals surface area contributed by atoms with Gasteiger partial charge in [-0.3, -0.25) is 0 Å². The average Bonchev–Trinajstić information content (AvgIpc) is 3.52. The minimum Gasteiger partial charge on any atom is -0.399 e. The Bertz CT molecular complexity index is 1860. The van der Waals surface area contributed by atoms with Crippen molar-refractivity contribution < 1.29 is 9.31 Å². The standard InChI is InChI=1S/C45H55BO2/c1-28(2)20-22-45(23-21-29(3)4)40-26-32(31-13-17-35-34-16-12-30(5)24-38(34)42(6,7)39(35)25-31)14-18-36(40)37-19-15-33(27-41(37)45)46-47-43(8,9)44(10,11)48-46/h12-19,24-29H,20-23H2,1-11H3. The van der Waals surface area contributed by atoms with E-state index in [1.165, 1.54) is 74.0 Å². The predicted molar refractivity (Wildman–Crippen MR) is 204 cm³/mol. The Balaban J connectivity index is 1.36. The molecule has 2 nitrogen and oxygen atoms in total. The van der Waals surface area contributed by atoms with Gasteiger partial charge < -0.3 is 9.31 Å². The van der Waals surface area contributed by atoms with Crippen molar-refractivity contribution in [2.24, 2.45) is 11.8 Å². The monoisotopic (exact) mass is 638 g/mol. The van der Waals surface area contributed by atoms with Gasteiger partial charge in [0, 0.05) is 10.8 Å². The summed E-state index contributed by atoms with van der Waals surface area (Å²) in [5.74, 6) is 1.26. The van der Waals surface area contributed by atoms with Crippen molar-refractivity contribution in [3.63, 3.8) is 0 Å². The molecular formula is C45H55BO2. The fourth-order valence-corrected chi connectivity index (χ4v) is 8.58. The molecule has 3 aliphatic rings. The van der Waals surface area contributed by atoms with Gasteiger partial charge in [0.1, 0.15) is 0 Å². The van der Waals surface area contributed by atoms with E-state index in [9.17, 15) is 0 Å². The van der Waals surface area contributed by atoms with Crippen molar-refractivity contribution in [2.45, 2.75) is 124 Å². The molecule has 0 atom stereocenters. The molecule has 1 saturated heterocycles. The summed E-state index contributed by atoms with van der Waals surface area (Å²) in [7, 11) is -0.366. The third-order valence-corrected chi connectivity index (χ3v) is 12.4. The molecule has 0 bridgehead atoms. The first-order chi connectivity index (χ1) is 22.5.